The van der Waals surface area contributed by atoms with Gasteiger partial charge in [0.1, 0.15) is 0 Å². The molecule has 2 aromatic rings. The van der Waals surface area contributed by atoms with E-state index in [0.717, 1.165) is 6.42 Å². The number of aromatic nitrogens is 1. The quantitative estimate of drug-likeness (QED) is 0.754. The third-order valence-electron chi connectivity index (χ3n) is 3.60. The van der Waals surface area contributed by atoms with Crippen molar-refractivity contribution in [1.82, 2.24) is 4.57 Å². The van der Waals surface area contributed by atoms with Crippen molar-refractivity contribution in [3.05, 3.63) is 51.4 Å². The normalized spacial score (nSPS) is 10.5. The second-order valence-electron chi connectivity index (χ2n) is 5.56. The summed E-state index contributed by atoms with van der Waals surface area (Å²) in [6, 6.07) is 6.13. The van der Waals surface area contributed by atoms with Crippen LogP contribution >= 0.6 is 11.6 Å². The largest absolute Gasteiger partial charge is 0.490 e. The molecule has 1 heterocycles. The predicted molar refractivity (Wildman–Crippen MR) is 103 cm³/mol. The second kappa shape index (κ2) is 9.29. The monoisotopic (exact) mass is 378 g/mol. The van der Waals surface area contributed by atoms with E-state index in [1.807, 2.05) is 20.8 Å². The van der Waals surface area contributed by atoms with Gasteiger partial charge in [0.05, 0.1) is 23.9 Å². The molecule has 6 nitrogen and oxygen atoms in total. The first-order chi connectivity index (χ1) is 12.5. The van der Waals surface area contributed by atoms with Crippen molar-refractivity contribution in [2.75, 3.05) is 18.5 Å². The summed E-state index contributed by atoms with van der Waals surface area (Å²) in [6.07, 6.45) is 2.43. The van der Waals surface area contributed by atoms with E-state index in [1.165, 1.54) is 10.6 Å². The number of amides is 1. The Bertz CT molecular complexity index is 833. The summed E-state index contributed by atoms with van der Waals surface area (Å²) < 4.78 is 12.7. The lowest BCUT2D eigenvalue weighted by Crippen LogP contribution is -2.19. The molecule has 0 atom stereocenters. The Kier molecular flexibility index (Phi) is 7.09. The SMILES string of the molecule is CCCOc1c(Cl)cc(C(=O)Nc2ccc(=O)n(CC)c2)cc1OCC. The Morgan fingerprint density at radius 2 is 1.96 bits per heavy atom. The van der Waals surface area contributed by atoms with Crippen molar-refractivity contribution in [2.24, 2.45) is 0 Å². The van der Waals surface area contributed by atoms with Crippen LogP contribution in [0.25, 0.3) is 0 Å². The summed E-state index contributed by atoms with van der Waals surface area (Å²) in [5.74, 6) is 0.514. The molecular weight excluding hydrogens is 356 g/mol. The summed E-state index contributed by atoms with van der Waals surface area (Å²) in [5.41, 5.74) is 0.748. The Hall–Kier alpha value is -2.47. The number of rotatable bonds is 8. The molecule has 0 spiro atoms. The van der Waals surface area contributed by atoms with Gasteiger partial charge in [0.15, 0.2) is 11.5 Å². The highest BCUT2D eigenvalue weighted by Crippen LogP contribution is 2.37. The molecule has 26 heavy (non-hydrogen) atoms. The Morgan fingerprint density at radius 3 is 2.62 bits per heavy atom. The smallest absolute Gasteiger partial charge is 0.255 e. The Labute approximate surface area is 157 Å². The van der Waals surface area contributed by atoms with Crippen LogP contribution in [0.5, 0.6) is 11.5 Å². The first kappa shape index (κ1) is 19.8. The first-order valence-electron chi connectivity index (χ1n) is 8.61. The van der Waals surface area contributed by atoms with E-state index in [4.69, 9.17) is 21.1 Å². The highest BCUT2D eigenvalue weighted by atomic mass is 35.5. The minimum Gasteiger partial charge on any atom is -0.490 e. The minimum atomic E-state index is -0.351. The lowest BCUT2D eigenvalue weighted by Gasteiger charge is -2.15. The lowest BCUT2D eigenvalue weighted by atomic mass is 10.1. The molecule has 0 bridgehead atoms. The van der Waals surface area contributed by atoms with Crippen LogP contribution in [0.15, 0.2) is 35.3 Å². The van der Waals surface area contributed by atoms with Gasteiger partial charge in [-0.25, -0.2) is 0 Å². The molecule has 1 aromatic heterocycles. The highest BCUT2D eigenvalue weighted by molar-refractivity contribution is 6.32. The number of carbonyl (C=O) groups is 1. The van der Waals surface area contributed by atoms with Gasteiger partial charge in [0.25, 0.3) is 11.5 Å². The molecule has 7 heteroatoms. The van der Waals surface area contributed by atoms with Crippen molar-refractivity contribution < 1.29 is 14.3 Å². The van der Waals surface area contributed by atoms with Gasteiger partial charge in [-0.3, -0.25) is 9.59 Å². The summed E-state index contributed by atoms with van der Waals surface area (Å²) >= 11 is 6.29. The molecule has 1 aromatic carbocycles. The van der Waals surface area contributed by atoms with Crippen LogP contribution in [0.3, 0.4) is 0 Å². The van der Waals surface area contributed by atoms with Crippen LogP contribution in [-0.4, -0.2) is 23.7 Å². The topological polar surface area (TPSA) is 69.6 Å². The number of nitrogens with one attached hydrogen (secondary N) is 1. The number of aryl methyl sites for hydroxylation is 1. The summed E-state index contributed by atoms with van der Waals surface area (Å²) in [5, 5.41) is 3.08. The first-order valence-corrected chi connectivity index (χ1v) is 8.98. The van der Waals surface area contributed by atoms with E-state index in [2.05, 4.69) is 5.32 Å². The van der Waals surface area contributed by atoms with Crippen molar-refractivity contribution in [3.8, 4) is 11.5 Å². The molecule has 2 rings (SSSR count). The maximum absolute atomic E-state index is 12.6. The maximum Gasteiger partial charge on any atom is 0.255 e. The van der Waals surface area contributed by atoms with Gasteiger partial charge < -0.3 is 19.4 Å². The third-order valence-corrected chi connectivity index (χ3v) is 3.88. The fourth-order valence-corrected chi connectivity index (χ4v) is 2.63. The number of benzene rings is 1. The highest BCUT2D eigenvalue weighted by Gasteiger charge is 2.16. The van der Waals surface area contributed by atoms with E-state index < -0.39 is 0 Å². The fraction of sp³-hybridized carbons (Fsp3) is 0.368. The van der Waals surface area contributed by atoms with Gasteiger partial charge in [-0.1, -0.05) is 18.5 Å². The van der Waals surface area contributed by atoms with Gasteiger partial charge >= 0.3 is 0 Å². The fourth-order valence-electron chi connectivity index (χ4n) is 2.36. The van der Waals surface area contributed by atoms with Crippen LogP contribution in [0.2, 0.25) is 5.02 Å². The van der Waals surface area contributed by atoms with Crippen molar-refractivity contribution in [2.45, 2.75) is 33.7 Å². The zero-order valence-electron chi connectivity index (χ0n) is 15.2. The van der Waals surface area contributed by atoms with Crippen molar-refractivity contribution >= 4 is 23.2 Å². The standard InChI is InChI=1S/C19H23ClN2O4/c1-4-9-26-18-15(20)10-13(11-16(18)25-6-3)19(24)21-14-7-8-17(23)22(5-2)12-14/h7-8,10-12H,4-6,9H2,1-3H3,(H,21,24). The van der Waals surface area contributed by atoms with E-state index >= 15 is 0 Å². The van der Waals surface area contributed by atoms with Crippen LogP contribution in [0, 0.1) is 0 Å². The number of halogens is 1. The molecule has 0 aliphatic heterocycles. The Morgan fingerprint density at radius 1 is 1.19 bits per heavy atom. The van der Waals surface area contributed by atoms with Crippen LogP contribution < -0.4 is 20.3 Å². The van der Waals surface area contributed by atoms with Gasteiger partial charge in [-0.05, 0) is 38.5 Å². The molecule has 0 unspecified atom stereocenters. The van der Waals surface area contributed by atoms with E-state index in [-0.39, 0.29) is 11.5 Å². The summed E-state index contributed by atoms with van der Waals surface area (Å²) in [4.78, 5) is 24.2. The molecule has 0 aliphatic carbocycles. The third kappa shape index (κ3) is 4.79. The average molecular weight is 379 g/mol. The lowest BCUT2D eigenvalue weighted by molar-refractivity contribution is 0.102. The second-order valence-corrected chi connectivity index (χ2v) is 5.97. The number of anilines is 1. The average Bonchev–Trinajstić information content (AvgIpc) is 2.62. The van der Waals surface area contributed by atoms with Gasteiger partial charge in [-0.15, -0.1) is 0 Å². The zero-order valence-corrected chi connectivity index (χ0v) is 15.9. The van der Waals surface area contributed by atoms with E-state index in [1.54, 1.807) is 24.4 Å². The molecule has 0 fully saturated rings. The maximum atomic E-state index is 12.6. The van der Waals surface area contributed by atoms with Crippen LogP contribution in [0.4, 0.5) is 5.69 Å². The zero-order chi connectivity index (χ0) is 19.1. The van der Waals surface area contributed by atoms with Gasteiger partial charge in [-0.2, -0.15) is 0 Å². The van der Waals surface area contributed by atoms with Crippen molar-refractivity contribution in [1.29, 1.82) is 0 Å². The number of carbonyl (C=O) groups excluding carboxylic acids is 1. The summed E-state index contributed by atoms with van der Waals surface area (Å²) in [6.45, 7) is 7.14. The minimum absolute atomic E-state index is 0.121. The number of hydrogen-bond donors (Lipinski definition) is 1. The predicted octanol–water partition coefficient (Wildman–Crippen LogP) is 3.96. The molecule has 140 valence electrons. The number of ether oxygens (including phenoxy) is 2. The molecule has 0 aliphatic rings. The summed E-state index contributed by atoms with van der Waals surface area (Å²) in [7, 11) is 0. The number of hydrogen-bond acceptors (Lipinski definition) is 4. The molecule has 0 saturated heterocycles. The van der Waals surface area contributed by atoms with E-state index in [0.29, 0.717) is 47.5 Å². The number of pyridine rings is 1. The van der Waals surface area contributed by atoms with Crippen molar-refractivity contribution in [3.63, 3.8) is 0 Å². The molecule has 1 N–H and O–H groups in total. The molecule has 1 amide bonds. The van der Waals surface area contributed by atoms with Crippen LogP contribution in [0.1, 0.15) is 37.6 Å². The van der Waals surface area contributed by atoms with Gasteiger partial charge in [0.2, 0.25) is 0 Å². The van der Waals surface area contributed by atoms with E-state index in [9.17, 15) is 9.59 Å². The molecular formula is C19H23ClN2O4. The molecule has 0 radical (unpaired) electrons. The molecule has 0 saturated carbocycles. The van der Waals surface area contributed by atoms with Gasteiger partial charge in [0, 0.05) is 24.4 Å². The number of nitrogens with zero attached hydrogens (tertiary/aromatic N) is 1. The van der Waals surface area contributed by atoms with Crippen LogP contribution in [-0.2, 0) is 6.54 Å². The Balaban J connectivity index is 2.29.